The highest BCUT2D eigenvalue weighted by Crippen LogP contribution is 2.32. The number of nitrogens with one attached hydrogen (secondary N) is 1. The van der Waals surface area contributed by atoms with E-state index in [1.165, 1.54) is 5.39 Å². The molecule has 4 rings (SSSR count). The fourth-order valence-electron chi connectivity index (χ4n) is 4.27. The van der Waals surface area contributed by atoms with Crippen LogP contribution in [-0.4, -0.2) is 55.5 Å². The topological polar surface area (TPSA) is 55.5 Å². The van der Waals surface area contributed by atoms with Gasteiger partial charge in [0.25, 0.3) is 0 Å². The van der Waals surface area contributed by atoms with Crippen molar-refractivity contribution in [2.24, 2.45) is 0 Å². The monoisotopic (exact) mass is 391 g/mol. The zero-order valence-corrected chi connectivity index (χ0v) is 17.4. The van der Waals surface area contributed by atoms with Crippen molar-refractivity contribution < 1.29 is 4.79 Å². The molecule has 3 aromatic rings. The minimum absolute atomic E-state index is 0.152. The fraction of sp³-hybridized carbons (Fsp3) is 0.391. The van der Waals surface area contributed by atoms with Gasteiger partial charge < -0.3 is 24.5 Å². The Kier molecular flexibility index (Phi) is 5.43. The molecule has 2 aromatic heterocycles. The Hall–Kier alpha value is -3.02. The molecule has 2 atom stereocenters. The van der Waals surface area contributed by atoms with Gasteiger partial charge in [0, 0.05) is 50.3 Å². The molecule has 0 bridgehead atoms. The summed E-state index contributed by atoms with van der Waals surface area (Å²) >= 11 is 0. The number of para-hydroxylation sites is 1. The smallest absolute Gasteiger partial charge is 0.152 e. The number of aromatic nitrogens is 2. The second-order valence-electron chi connectivity index (χ2n) is 7.79. The third-order valence-electron chi connectivity index (χ3n) is 6.13. The van der Waals surface area contributed by atoms with E-state index < -0.39 is 0 Å². The molecule has 0 amide bonds. The molecule has 3 heterocycles. The molecule has 1 aliphatic rings. The number of H-pyrrole nitrogens is 1. The molecule has 1 N–H and O–H groups in total. The van der Waals surface area contributed by atoms with Gasteiger partial charge in [-0.1, -0.05) is 18.2 Å². The van der Waals surface area contributed by atoms with Crippen LogP contribution in [0, 0.1) is 0 Å². The van der Waals surface area contributed by atoms with Crippen LogP contribution in [0.2, 0.25) is 0 Å². The lowest BCUT2D eigenvalue weighted by molar-refractivity contribution is -0.109. The highest BCUT2D eigenvalue weighted by atomic mass is 16.1. The van der Waals surface area contributed by atoms with Crippen molar-refractivity contribution in [2.75, 3.05) is 41.9 Å². The second kappa shape index (κ2) is 8.15. The van der Waals surface area contributed by atoms with Gasteiger partial charge in [-0.05, 0) is 44.0 Å². The quantitative estimate of drug-likeness (QED) is 0.650. The van der Waals surface area contributed by atoms with Gasteiger partial charge in [0.1, 0.15) is 12.1 Å². The Labute approximate surface area is 172 Å². The number of aromatic amines is 1. The van der Waals surface area contributed by atoms with E-state index in [9.17, 15) is 4.79 Å². The van der Waals surface area contributed by atoms with Crippen molar-refractivity contribution >= 4 is 34.5 Å². The number of hydrogen-bond acceptors (Lipinski definition) is 5. The van der Waals surface area contributed by atoms with Crippen molar-refractivity contribution in [3.05, 3.63) is 48.7 Å². The first-order chi connectivity index (χ1) is 14.1. The van der Waals surface area contributed by atoms with E-state index in [0.717, 1.165) is 55.1 Å². The summed E-state index contributed by atoms with van der Waals surface area (Å²) in [6, 6.07) is 14.6. The van der Waals surface area contributed by atoms with E-state index >= 15 is 0 Å². The molecule has 0 saturated carbocycles. The molecule has 2 unspecified atom stereocenters. The van der Waals surface area contributed by atoms with Crippen molar-refractivity contribution in [2.45, 2.75) is 31.8 Å². The molecule has 1 fully saturated rings. The van der Waals surface area contributed by atoms with Crippen LogP contribution >= 0.6 is 0 Å². The van der Waals surface area contributed by atoms with Gasteiger partial charge in [-0.3, -0.25) is 0 Å². The first-order valence-electron chi connectivity index (χ1n) is 10.3. The van der Waals surface area contributed by atoms with Gasteiger partial charge in [-0.25, -0.2) is 4.98 Å². The summed E-state index contributed by atoms with van der Waals surface area (Å²) in [4.78, 5) is 26.8. The summed E-state index contributed by atoms with van der Waals surface area (Å²) in [6.07, 6.45) is 4.68. The molecule has 0 spiro atoms. The SMILES string of the molecule is CCN(C)c1cccnc1N(C)C1CCN(c2cc3ccccc3[nH]2)C(C=O)C1. The number of fused-ring (bicyclic) bond motifs is 1. The first-order valence-corrected chi connectivity index (χ1v) is 10.3. The van der Waals surface area contributed by atoms with Crippen LogP contribution in [0.25, 0.3) is 10.9 Å². The number of aldehydes is 1. The number of anilines is 3. The predicted octanol–water partition coefficient (Wildman–Crippen LogP) is 3.69. The molecule has 6 heteroatoms. The first kappa shape index (κ1) is 19.3. The maximum atomic E-state index is 12.0. The standard InChI is InChI=1S/C23H29N5O/c1-4-26(2)21-10-7-12-24-23(21)27(3)18-11-13-28(19(15-18)16-29)22-14-17-8-5-6-9-20(17)25-22/h5-10,12,14,16,18-19,25H,4,11,13,15H2,1-3H3. The molecule has 1 saturated heterocycles. The molecule has 29 heavy (non-hydrogen) atoms. The van der Waals surface area contributed by atoms with E-state index in [-0.39, 0.29) is 12.1 Å². The van der Waals surface area contributed by atoms with Crippen LogP contribution in [0.3, 0.4) is 0 Å². The van der Waals surface area contributed by atoms with Crippen LogP contribution in [0.15, 0.2) is 48.7 Å². The lowest BCUT2D eigenvalue weighted by atomic mass is 9.96. The van der Waals surface area contributed by atoms with Gasteiger partial charge in [0.15, 0.2) is 5.82 Å². The highest BCUT2D eigenvalue weighted by Gasteiger charge is 2.32. The van der Waals surface area contributed by atoms with E-state index in [0.29, 0.717) is 0 Å². The van der Waals surface area contributed by atoms with Gasteiger partial charge in [-0.15, -0.1) is 0 Å². The molecular weight excluding hydrogens is 362 g/mol. The number of benzene rings is 1. The maximum Gasteiger partial charge on any atom is 0.152 e. The average Bonchev–Trinajstić information content (AvgIpc) is 3.21. The number of rotatable bonds is 6. The van der Waals surface area contributed by atoms with Crippen LogP contribution in [0.1, 0.15) is 19.8 Å². The van der Waals surface area contributed by atoms with Gasteiger partial charge in [0.2, 0.25) is 0 Å². The molecule has 6 nitrogen and oxygen atoms in total. The van der Waals surface area contributed by atoms with Gasteiger partial charge in [-0.2, -0.15) is 0 Å². The summed E-state index contributed by atoms with van der Waals surface area (Å²) in [5.41, 5.74) is 2.23. The fourth-order valence-corrected chi connectivity index (χ4v) is 4.27. The summed E-state index contributed by atoms with van der Waals surface area (Å²) < 4.78 is 0. The highest BCUT2D eigenvalue weighted by molar-refractivity contribution is 5.85. The lowest BCUT2D eigenvalue weighted by Crippen LogP contribution is -2.50. The number of carbonyl (C=O) groups is 1. The summed E-state index contributed by atoms with van der Waals surface area (Å²) in [5.74, 6) is 2.00. The summed E-state index contributed by atoms with van der Waals surface area (Å²) in [7, 11) is 4.18. The third kappa shape index (κ3) is 3.67. The number of hydrogen-bond donors (Lipinski definition) is 1. The second-order valence-corrected chi connectivity index (χ2v) is 7.79. The minimum Gasteiger partial charge on any atom is -0.372 e. The molecule has 1 aliphatic heterocycles. The number of pyridine rings is 1. The predicted molar refractivity (Wildman–Crippen MR) is 120 cm³/mol. The van der Waals surface area contributed by atoms with Crippen LogP contribution in [0.5, 0.6) is 0 Å². The van der Waals surface area contributed by atoms with E-state index in [1.54, 1.807) is 0 Å². The van der Waals surface area contributed by atoms with Crippen LogP contribution < -0.4 is 14.7 Å². The Bertz CT molecular complexity index is 951. The Balaban J connectivity index is 1.55. The van der Waals surface area contributed by atoms with Crippen LogP contribution in [0.4, 0.5) is 17.3 Å². The zero-order chi connectivity index (χ0) is 20.4. The molecule has 152 valence electrons. The number of nitrogens with zero attached hydrogens (tertiary/aromatic N) is 4. The molecule has 0 aliphatic carbocycles. The van der Waals surface area contributed by atoms with Crippen LogP contribution in [-0.2, 0) is 4.79 Å². The number of piperidine rings is 1. The van der Waals surface area contributed by atoms with Gasteiger partial charge in [0.05, 0.1) is 11.7 Å². The zero-order valence-electron chi connectivity index (χ0n) is 17.4. The van der Waals surface area contributed by atoms with E-state index in [4.69, 9.17) is 0 Å². The minimum atomic E-state index is -0.152. The van der Waals surface area contributed by atoms with Gasteiger partial charge >= 0.3 is 0 Å². The molecule has 1 aromatic carbocycles. The maximum absolute atomic E-state index is 12.0. The van der Waals surface area contributed by atoms with Crippen molar-refractivity contribution in [1.29, 1.82) is 0 Å². The van der Waals surface area contributed by atoms with E-state index in [2.05, 4.69) is 70.0 Å². The van der Waals surface area contributed by atoms with E-state index in [1.807, 2.05) is 24.4 Å². The Morgan fingerprint density at radius 3 is 2.83 bits per heavy atom. The normalized spacial score (nSPS) is 19.3. The lowest BCUT2D eigenvalue weighted by Gasteiger charge is -2.42. The Morgan fingerprint density at radius 1 is 1.24 bits per heavy atom. The third-order valence-corrected chi connectivity index (χ3v) is 6.13. The summed E-state index contributed by atoms with van der Waals surface area (Å²) in [5, 5.41) is 1.17. The van der Waals surface area contributed by atoms with Crippen molar-refractivity contribution in [1.82, 2.24) is 9.97 Å². The average molecular weight is 392 g/mol. The Morgan fingerprint density at radius 2 is 2.07 bits per heavy atom. The van der Waals surface area contributed by atoms with Crippen molar-refractivity contribution in [3.63, 3.8) is 0 Å². The summed E-state index contributed by atoms with van der Waals surface area (Å²) in [6.45, 7) is 3.89. The van der Waals surface area contributed by atoms with Crippen molar-refractivity contribution in [3.8, 4) is 0 Å². The molecular formula is C23H29N5O. The number of carbonyl (C=O) groups excluding carboxylic acids is 1. The largest absolute Gasteiger partial charge is 0.372 e. The molecule has 0 radical (unpaired) electrons.